The van der Waals surface area contributed by atoms with Gasteiger partial charge in [0.15, 0.2) is 5.78 Å². The van der Waals surface area contributed by atoms with Gasteiger partial charge in [0.25, 0.3) is 5.91 Å². The van der Waals surface area contributed by atoms with Gasteiger partial charge in [0, 0.05) is 30.1 Å². The van der Waals surface area contributed by atoms with E-state index in [9.17, 15) is 22.4 Å². The highest BCUT2D eigenvalue weighted by Gasteiger charge is 2.41. The number of Topliss-reactive ketones (excluding diaryl/α,β-unsaturated/α-hetero) is 1. The van der Waals surface area contributed by atoms with Crippen LogP contribution in [0.5, 0.6) is 0 Å². The van der Waals surface area contributed by atoms with Gasteiger partial charge in [-0.1, -0.05) is 0 Å². The first kappa shape index (κ1) is 21.4. The van der Waals surface area contributed by atoms with Gasteiger partial charge < -0.3 is 11.1 Å². The van der Waals surface area contributed by atoms with Gasteiger partial charge in [-0.15, -0.1) is 0 Å². The predicted octanol–water partition coefficient (Wildman–Crippen LogP) is 1.48. The monoisotopic (exact) mass is 433 g/mol. The summed E-state index contributed by atoms with van der Waals surface area (Å²) in [6, 6.07) is 6.63. The maximum absolute atomic E-state index is 14.6. The van der Waals surface area contributed by atoms with Crippen LogP contribution in [0.1, 0.15) is 40.3 Å². The van der Waals surface area contributed by atoms with Crippen molar-refractivity contribution in [1.29, 1.82) is 0 Å². The standard InChI is InChI=1S/C19H20FN5O4S/c1-11(26)12-4-7-16(22-9-12)17(27)23-13-5-6-15(20)14(8-13)19(2)10-30(28,29)25(3)18(21)24-19/h4-9H,10H2,1-3H3,(H2,21,24)(H,23,27)/t19-/m0/s1. The summed E-state index contributed by atoms with van der Waals surface area (Å²) in [4.78, 5) is 31.9. The van der Waals surface area contributed by atoms with Crippen LogP contribution in [-0.4, -0.2) is 48.2 Å². The van der Waals surface area contributed by atoms with Crippen LogP contribution in [0.2, 0.25) is 0 Å². The molecule has 30 heavy (non-hydrogen) atoms. The molecule has 0 fully saturated rings. The molecule has 0 saturated heterocycles. The minimum absolute atomic E-state index is 0.0280. The molecule has 1 aliphatic rings. The number of aromatic nitrogens is 1. The lowest BCUT2D eigenvalue weighted by atomic mass is 9.93. The molecule has 0 bridgehead atoms. The van der Waals surface area contributed by atoms with Crippen molar-refractivity contribution in [2.45, 2.75) is 19.4 Å². The summed E-state index contributed by atoms with van der Waals surface area (Å²) in [5, 5.41) is 2.58. The number of anilines is 1. The van der Waals surface area contributed by atoms with Gasteiger partial charge in [0.2, 0.25) is 16.0 Å². The highest BCUT2D eigenvalue weighted by Crippen LogP contribution is 2.34. The number of carbonyl (C=O) groups is 2. The Balaban J connectivity index is 1.92. The molecular weight excluding hydrogens is 413 g/mol. The zero-order chi connectivity index (χ0) is 22.3. The van der Waals surface area contributed by atoms with Crippen LogP contribution in [0.3, 0.4) is 0 Å². The number of carbonyl (C=O) groups excluding carboxylic acids is 2. The number of pyridine rings is 1. The number of rotatable bonds is 4. The summed E-state index contributed by atoms with van der Waals surface area (Å²) < 4.78 is 40.1. The van der Waals surface area contributed by atoms with Gasteiger partial charge in [-0.2, -0.15) is 0 Å². The highest BCUT2D eigenvalue weighted by molar-refractivity contribution is 7.89. The molecule has 0 spiro atoms. The SMILES string of the molecule is CC(=O)c1ccc(C(=O)Nc2ccc(F)c([C@]3(C)CS(=O)(=O)N(C)C(N)=N3)c2)nc1. The molecule has 0 radical (unpaired) electrons. The molecule has 1 amide bonds. The van der Waals surface area contributed by atoms with Crippen molar-refractivity contribution < 1.29 is 22.4 Å². The number of benzene rings is 1. The lowest BCUT2D eigenvalue weighted by Gasteiger charge is -2.34. The number of guanidine groups is 1. The van der Waals surface area contributed by atoms with E-state index in [0.717, 1.165) is 10.4 Å². The van der Waals surface area contributed by atoms with Crippen LogP contribution >= 0.6 is 0 Å². The molecule has 1 aromatic carbocycles. The Bertz CT molecular complexity index is 1160. The molecule has 2 aromatic rings. The molecule has 9 nitrogen and oxygen atoms in total. The van der Waals surface area contributed by atoms with E-state index in [1.54, 1.807) is 0 Å². The number of halogens is 1. The maximum Gasteiger partial charge on any atom is 0.274 e. The summed E-state index contributed by atoms with van der Waals surface area (Å²) in [6.45, 7) is 2.84. The van der Waals surface area contributed by atoms with Gasteiger partial charge in [0.05, 0.1) is 5.75 Å². The van der Waals surface area contributed by atoms with Crippen molar-refractivity contribution >= 4 is 33.4 Å². The molecule has 0 unspecified atom stereocenters. The van der Waals surface area contributed by atoms with E-state index in [2.05, 4.69) is 15.3 Å². The van der Waals surface area contributed by atoms with Crippen molar-refractivity contribution in [2.24, 2.45) is 10.7 Å². The first-order valence-electron chi connectivity index (χ1n) is 8.83. The van der Waals surface area contributed by atoms with Crippen molar-refractivity contribution in [3.63, 3.8) is 0 Å². The third kappa shape index (κ3) is 4.01. The van der Waals surface area contributed by atoms with Crippen LogP contribution in [0, 0.1) is 5.82 Å². The largest absolute Gasteiger partial charge is 0.369 e. The third-order valence-electron chi connectivity index (χ3n) is 4.77. The van der Waals surface area contributed by atoms with Crippen LogP contribution in [0.15, 0.2) is 41.5 Å². The number of sulfonamides is 1. The summed E-state index contributed by atoms with van der Waals surface area (Å²) >= 11 is 0. The third-order valence-corrected chi connectivity index (χ3v) is 6.72. The molecule has 11 heteroatoms. The first-order valence-corrected chi connectivity index (χ1v) is 10.4. The van der Waals surface area contributed by atoms with Crippen LogP contribution in [0.4, 0.5) is 10.1 Å². The van der Waals surface area contributed by atoms with E-state index < -0.39 is 33.0 Å². The second-order valence-electron chi connectivity index (χ2n) is 7.10. The van der Waals surface area contributed by atoms with Crippen molar-refractivity contribution in [2.75, 3.05) is 18.1 Å². The number of aliphatic imine (C=N–C) groups is 1. The van der Waals surface area contributed by atoms with Gasteiger partial charge in [-0.25, -0.2) is 22.1 Å². The fourth-order valence-electron chi connectivity index (χ4n) is 3.04. The first-order chi connectivity index (χ1) is 13.9. The summed E-state index contributed by atoms with van der Waals surface area (Å²) in [5.41, 5.74) is 4.86. The van der Waals surface area contributed by atoms with Gasteiger partial charge >= 0.3 is 0 Å². The zero-order valence-corrected chi connectivity index (χ0v) is 17.3. The number of ketones is 1. The van der Waals surface area contributed by atoms with E-state index >= 15 is 0 Å². The Morgan fingerprint density at radius 2 is 1.97 bits per heavy atom. The summed E-state index contributed by atoms with van der Waals surface area (Å²) in [5.74, 6) is -2.19. The van der Waals surface area contributed by atoms with Crippen molar-refractivity contribution in [3.05, 3.63) is 59.2 Å². The van der Waals surface area contributed by atoms with Gasteiger partial charge in [-0.05, 0) is 44.2 Å². The normalized spacial score (nSPS) is 20.4. The second kappa shape index (κ2) is 7.48. The number of hydrogen-bond donors (Lipinski definition) is 2. The number of amides is 1. The summed E-state index contributed by atoms with van der Waals surface area (Å²) in [6.07, 6.45) is 1.29. The molecule has 0 saturated carbocycles. The van der Waals surface area contributed by atoms with E-state index in [1.165, 1.54) is 51.4 Å². The van der Waals surface area contributed by atoms with E-state index in [0.29, 0.717) is 5.56 Å². The van der Waals surface area contributed by atoms with Crippen molar-refractivity contribution in [3.8, 4) is 0 Å². The van der Waals surface area contributed by atoms with E-state index in [4.69, 9.17) is 5.73 Å². The van der Waals surface area contributed by atoms with E-state index in [-0.39, 0.29) is 28.7 Å². The molecular formula is C19H20FN5O4S. The molecule has 1 aliphatic heterocycles. The average molecular weight is 433 g/mol. The fourth-order valence-corrected chi connectivity index (χ4v) is 4.49. The number of nitrogens with one attached hydrogen (secondary N) is 1. The minimum atomic E-state index is -3.79. The lowest BCUT2D eigenvalue weighted by Crippen LogP contribution is -2.50. The van der Waals surface area contributed by atoms with Crippen LogP contribution in [0.25, 0.3) is 0 Å². The van der Waals surface area contributed by atoms with Gasteiger partial charge in [0.1, 0.15) is 17.1 Å². The van der Waals surface area contributed by atoms with E-state index in [1.807, 2.05) is 0 Å². The Hall–Kier alpha value is -3.34. The van der Waals surface area contributed by atoms with Gasteiger partial charge in [-0.3, -0.25) is 14.6 Å². The molecule has 1 aromatic heterocycles. The number of nitrogens with two attached hydrogens (primary N) is 1. The quantitative estimate of drug-likeness (QED) is 0.701. The predicted molar refractivity (Wildman–Crippen MR) is 109 cm³/mol. The Labute approximate surface area is 172 Å². The topological polar surface area (TPSA) is 135 Å². The van der Waals surface area contributed by atoms with Crippen LogP contribution < -0.4 is 11.1 Å². The smallest absolute Gasteiger partial charge is 0.274 e. The lowest BCUT2D eigenvalue weighted by molar-refractivity contribution is 0.100. The molecule has 3 N–H and O–H groups in total. The number of nitrogens with zero attached hydrogens (tertiary/aromatic N) is 3. The molecule has 158 valence electrons. The molecule has 0 aliphatic carbocycles. The minimum Gasteiger partial charge on any atom is -0.369 e. The molecule has 2 heterocycles. The maximum atomic E-state index is 14.6. The fraction of sp³-hybridized carbons (Fsp3) is 0.263. The zero-order valence-electron chi connectivity index (χ0n) is 16.5. The Morgan fingerprint density at radius 3 is 2.53 bits per heavy atom. The molecule has 1 atom stereocenters. The second-order valence-corrected chi connectivity index (χ2v) is 9.10. The summed E-state index contributed by atoms with van der Waals surface area (Å²) in [7, 11) is -2.52. The average Bonchev–Trinajstić information content (AvgIpc) is 2.67. The number of hydrogen-bond acceptors (Lipinski definition) is 7. The Kier molecular flexibility index (Phi) is 5.33. The molecule has 3 rings (SSSR count). The Morgan fingerprint density at radius 1 is 1.27 bits per heavy atom. The van der Waals surface area contributed by atoms with Crippen molar-refractivity contribution in [1.82, 2.24) is 9.29 Å². The van der Waals surface area contributed by atoms with Crippen LogP contribution in [-0.2, 0) is 15.6 Å². The highest BCUT2D eigenvalue weighted by atomic mass is 32.2.